The zero-order chi connectivity index (χ0) is 13.1. The summed E-state index contributed by atoms with van der Waals surface area (Å²) < 4.78 is 5.30. The van der Waals surface area contributed by atoms with Crippen molar-refractivity contribution in [2.75, 3.05) is 25.1 Å². The Balaban J connectivity index is 2.11. The summed E-state index contributed by atoms with van der Waals surface area (Å²) in [6.45, 7) is 0.399. The molecule has 6 heteroatoms. The molecule has 0 aliphatic carbocycles. The van der Waals surface area contributed by atoms with Crippen molar-refractivity contribution in [3.8, 4) is 5.75 Å². The SMILES string of the molecule is CN1C(=O)COc2ccc(CCNC(=O)O)cc21. The van der Waals surface area contributed by atoms with Gasteiger partial charge in [0.05, 0.1) is 5.69 Å². The molecular formula is C12H14N2O4. The first-order valence-electron chi connectivity index (χ1n) is 5.57. The number of nitrogens with zero attached hydrogens (tertiary/aromatic N) is 1. The molecule has 0 saturated carbocycles. The number of benzene rings is 1. The third-order valence-electron chi connectivity index (χ3n) is 2.80. The number of nitrogens with one attached hydrogen (secondary N) is 1. The van der Waals surface area contributed by atoms with Crippen molar-refractivity contribution in [2.45, 2.75) is 6.42 Å². The number of carbonyl (C=O) groups excluding carboxylic acids is 1. The van der Waals surface area contributed by atoms with Crippen LogP contribution in [0.15, 0.2) is 18.2 Å². The van der Waals surface area contributed by atoms with Crippen LogP contribution in [0.2, 0.25) is 0 Å². The summed E-state index contributed by atoms with van der Waals surface area (Å²) in [6, 6.07) is 5.51. The zero-order valence-electron chi connectivity index (χ0n) is 9.97. The van der Waals surface area contributed by atoms with Gasteiger partial charge >= 0.3 is 6.09 Å². The summed E-state index contributed by atoms with van der Waals surface area (Å²) in [7, 11) is 1.70. The largest absolute Gasteiger partial charge is 0.482 e. The van der Waals surface area contributed by atoms with Crippen LogP contribution in [0.1, 0.15) is 5.56 Å². The molecule has 0 aromatic heterocycles. The van der Waals surface area contributed by atoms with Gasteiger partial charge in [0.15, 0.2) is 6.61 Å². The number of carbonyl (C=O) groups is 2. The number of hydrogen-bond acceptors (Lipinski definition) is 3. The highest BCUT2D eigenvalue weighted by Gasteiger charge is 2.22. The molecule has 0 fully saturated rings. The van der Waals surface area contributed by atoms with Crippen LogP contribution in [-0.2, 0) is 11.2 Å². The van der Waals surface area contributed by atoms with Crippen LogP contribution in [-0.4, -0.2) is 37.3 Å². The van der Waals surface area contributed by atoms with Crippen molar-refractivity contribution in [1.29, 1.82) is 0 Å². The molecule has 1 aliphatic heterocycles. The summed E-state index contributed by atoms with van der Waals surface area (Å²) in [4.78, 5) is 23.4. The van der Waals surface area contributed by atoms with Crippen LogP contribution in [0.3, 0.4) is 0 Å². The van der Waals surface area contributed by atoms with E-state index in [9.17, 15) is 9.59 Å². The first-order valence-corrected chi connectivity index (χ1v) is 5.57. The standard InChI is InChI=1S/C12H14N2O4/c1-14-9-6-8(4-5-13-12(16)17)2-3-10(9)18-7-11(14)15/h2-3,6,13H,4-5,7H2,1H3,(H,16,17). The Labute approximate surface area is 104 Å². The third kappa shape index (κ3) is 2.53. The Kier molecular flexibility index (Phi) is 3.36. The Morgan fingerprint density at radius 2 is 2.33 bits per heavy atom. The second-order valence-corrected chi connectivity index (χ2v) is 4.03. The number of fused-ring (bicyclic) bond motifs is 1. The van der Waals surface area contributed by atoms with E-state index in [1.807, 2.05) is 12.1 Å². The molecular weight excluding hydrogens is 236 g/mol. The quantitative estimate of drug-likeness (QED) is 0.833. The van der Waals surface area contributed by atoms with Crippen LogP contribution < -0.4 is 15.0 Å². The number of anilines is 1. The molecule has 0 unspecified atom stereocenters. The smallest absolute Gasteiger partial charge is 0.404 e. The van der Waals surface area contributed by atoms with Gasteiger partial charge in [0, 0.05) is 13.6 Å². The van der Waals surface area contributed by atoms with E-state index in [4.69, 9.17) is 9.84 Å². The van der Waals surface area contributed by atoms with Gasteiger partial charge in [0.2, 0.25) is 0 Å². The molecule has 6 nitrogen and oxygen atoms in total. The van der Waals surface area contributed by atoms with Crippen molar-refractivity contribution in [1.82, 2.24) is 5.32 Å². The molecule has 0 bridgehead atoms. The van der Waals surface area contributed by atoms with Crippen LogP contribution in [0.4, 0.5) is 10.5 Å². The van der Waals surface area contributed by atoms with Gasteiger partial charge in [0.1, 0.15) is 5.75 Å². The summed E-state index contributed by atoms with van der Waals surface area (Å²) >= 11 is 0. The molecule has 96 valence electrons. The maximum absolute atomic E-state index is 11.5. The van der Waals surface area contributed by atoms with E-state index in [1.54, 1.807) is 18.0 Å². The second kappa shape index (κ2) is 4.95. The van der Waals surface area contributed by atoms with Crippen molar-refractivity contribution in [3.63, 3.8) is 0 Å². The molecule has 2 amide bonds. The monoisotopic (exact) mass is 250 g/mol. The van der Waals surface area contributed by atoms with Crippen molar-refractivity contribution in [3.05, 3.63) is 23.8 Å². The average molecular weight is 250 g/mol. The highest BCUT2D eigenvalue weighted by Crippen LogP contribution is 2.31. The van der Waals surface area contributed by atoms with E-state index in [1.165, 1.54) is 0 Å². The van der Waals surface area contributed by atoms with E-state index in [-0.39, 0.29) is 12.5 Å². The maximum Gasteiger partial charge on any atom is 0.404 e. The first-order chi connectivity index (χ1) is 8.58. The molecule has 0 spiro atoms. The molecule has 0 saturated heterocycles. The molecule has 1 aromatic carbocycles. The van der Waals surface area contributed by atoms with Gasteiger partial charge in [-0.1, -0.05) is 6.07 Å². The van der Waals surface area contributed by atoms with Gasteiger partial charge in [-0.2, -0.15) is 0 Å². The molecule has 2 rings (SSSR count). The summed E-state index contributed by atoms with van der Waals surface area (Å²) in [5.74, 6) is 0.579. The molecule has 1 aromatic rings. The lowest BCUT2D eigenvalue weighted by molar-refractivity contribution is -0.120. The van der Waals surface area contributed by atoms with E-state index in [2.05, 4.69) is 5.32 Å². The highest BCUT2D eigenvalue weighted by atomic mass is 16.5. The average Bonchev–Trinajstić information content (AvgIpc) is 2.34. The minimum Gasteiger partial charge on any atom is -0.482 e. The van der Waals surface area contributed by atoms with E-state index >= 15 is 0 Å². The fourth-order valence-corrected chi connectivity index (χ4v) is 1.79. The predicted molar refractivity (Wildman–Crippen MR) is 65.1 cm³/mol. The lowest BCUT2D eigenvalue weighted by atomic mass is 10.1. The van der Waals surface area contributed by atoms with Gasteiger partial charge in [-0.3, -0.25) is 4.79 Å². The Bertz CT molecular complexity index is 487. The summed E-state index contributed by atoms with van der Waals surface area (Å²) in [5, 5.41) is 10.8. The number of amides is 2. The van der Waals surface area contributed by atoms with Gasteiger partial charge in [-0.05, 0) is 24.1 Å². The molecule has 18 heavy (non-hydrogen) atoms. The van der Waals surface area contributed by atoms with Crippen molar-refractivity contribution >= 4 is 17.7 Å². The van der Waals surface area contributed by atoms with Crippen LogP contribution in [0.5, 0.6) is 5.75 Å². The lowest BCUT2D eigenvalue weighted by Gasteiger charge is -2.26. The Morgan fingerprint density at radius 1 is 1.56 bits per heavy atom. The normalized spacial score (nSPS) is 13.8. The van der Waals surface area contributed by atoms with E-state index in [0.717, 1.165) is 11.3 Å². The predicted octanol–water partition coefficient (Wildman–Crippen LogP) is 0.852. The topological polar surface area (TPSA) is 78.9 Å². The number of hydrogen-bond donors (Lipinski definition) is 2. The summed E-state index contributed by atoms with van der Waals surface area (Å²) in [5.41, 5.74) is 1.67. The van der Waals surface area contributed by atoms with E-state index in [0.29, 0.717) is 18.7 Å². The third-order valence-corrected chi connectivity index (χ3v) is 2.80. The van der Waals surface area contributed by atoms with Crippen LogP contribution in [0.25, 0.3) is 0 Å². The van der Waals surface area contributed by atoms with Gasteiger partial charge < -0.3 is 20.1 Å². The first kappa shape index (κ1) is 12.2. The van der Waals surface area contributed by atoms with Gasteiger partial charge in [-0.15, -0.1) is 0 Å². The Hall–Kier alpha value is -2.24. The number of ether oxygens (including phenoxy) is 1. The number of carboxylic acid groups (broad SMARTS) is 1. The van der Waals surface area contributed by atoms with Crippen LogP contribution >= 0.6 is 0 Å². The highest BCUT2D eigenvalue weighted by molar-refractivity contribution is 5.97. The molecule has 1 heterocycles. The fraction of sp³-hybridized carbons (Fsp3) is 0.333. The number of likely N-dealkylation sites (N-methyl/N-ethyl adjacent to an activating group) is 1. The van der Waals surface area contributed by atoms with E-state index < -0.39 is 6.09 Å². The Morgan fingerprint density at radius 3 is 3.06 bits per heavy atom. The minimum absolute atomic E-state index is 0.0589. The van der Waals surface area contributed by atoms with Crippen molar-refractivity contribution in [2.24, 2.45) is 0 Å². The van der Waals surface area contributed by atoms with Gasteiger partial charge in [0.25, 0.3) is 5.91 Å². The zero-order valence-corrected chi connectivity index (χ0v) is 9.97. The second-order valence-electron chi connectivity index (χ2n) is 4.03. The summed E-state index contributed by atoms with van der Waals surface area (Å²) in [6.07, 6.45) is -0.467. The van der Waals surface area contributed by atoms with Gasteiger partial charge in [-0.25, -0.2) is 4.79 Å². The maximum atomic E-state index is 11.5. The van der Waals surface area contributed by atoms with Crippen molar-refractivity contribution < 1.29 is 19.4 Å². The fourth-order valence-electron chi connectivity index (χ4n) is 1.79. The van der Waals surface area contributed by atoms with Crippen LogP contribution in [0, 0.1) is 0 Å². The molecule has 1 aliphatic rings. The number of rotatable bonds is 3. The lowest BCUT2D eigenvalue weighted by Crippen LogP contribution is -2.35. The minimum atomic E-state index is -1.04. The molecule has 0 atom stereocenters. The molecule has 0 radical (unpaired) electrons. The molecule has 2 N–H and O–H groups in total.